The van der Waals surface area contributed by atoms with Gasteiger partial charge in [-0.25, -0.2) is 4.79 Å². The van der Waals surface area contributed by atoms with E-state index in [1.54, 1.807) is 0 Å². The molecule has 2 aromatic heterocycles. The van der Waals surface area contributed by atoms with Gasteiger partial charge >= 0.3 is 6.03 Å². The molecule has 17 heavy (non-hydrogen) atoms. The number of nitrogens with zero attached hydrogens (tertiary/aromatic N) is 7. The van der Waals surface area contributed by atoms with Crippen molar-refractivity contribution >= 4 is 6.03 Å². The lowest BCUT2D eigenvalue weighted by Crippen LogP contribution is -2.22. The number of hydrogen-bond acceptors (Lipinski definition) is 6. The normalized spacial score (nSPS) is 10.1. The molecule has 8 nitrogen and oxygen atoms in total. The summed E-state index contributed by atoms with van der Waals surface area (Å²) in [7, 11) is 0. The predicted octanol–water partition coefficient (Wildman–Crippen LogP) is 0.210. The van der Waals surface area contributed by atoms with Crippen molar-refractivity contribution in [2.45, 2.75) is 19.8 Å². The lowest BCUT2D eigenvalue weighted by molar-refractivity contribution is 0.237. The van der Waals surface area contributed by atoms with Crippen molar-refractivity contribution in [2.75, 3.05) is 0 Å². The van der Waals surface area contributed by atoms with Crippen molar-refractivity contribution in [2.24, 2.45) is 0 Å². The van der Waals surface area contributed by atoms with Crippen molar-refractivity contribution in [3.63, 3.8) is 0 Å². The van der Waals surface area contributed by atoms with Crippen LogP contribution in [0.15, 0.2) is 12.4 Å². The van der Waals surface area contributed by atoms with Gasteiger partial charge < -0.3 is 0 Å². The van der Waals surface area contributed by atoms with E-state index >= 15 is 0 Å². The van der Waals surface area contributed by atoms with Crippen LogP contribution in [0, 0.1) is 11.3 Å². The molecule has 8 heteroatoms. The van der Waals surface area contributed by atoms with Gasteiger partial charge in [0.1, 0.15) is 11.8 Å². The van der Waals surface area contributed by atoms with Crippen LogP contribution in [0.4, 0.5) is 4.79 Å². The lowest BCUT2D eigenvalue weighted by atomic mass is 10.2. The summed E-state index contributed by atoms with van der Waals surface area (Å²) in [4.78, 5) is 11.9. The average molecular weight is 231 g/mol. The Morgan fingerprint density at radius 1 is 1.53 bits per heavy atom. The molecule has 2 aromatic rings. The Balaban J connectivity index is 2.40. The van der Waals surface area contributed by atoms with Gasteiger partial charge in [0.2, 0.25) is 0 Å². The Morgan fingerprint density at radius 3 is 2.94 bits per heavy atom. The van der Waals surface area contributed by atoms with Gasteiger partial charge in [-0.05, 0) is 6.42 Å². The van der Waals surface area contributed by atoms with E-state index in [4.69, 9.17) is 5.26 Å². The Kier molecular flexibility index (Phi) is 2.91. The van der Waals surface area contributed by atoms with E-state index in [0.29, 0.717) is 12.1 Å². The highest BCUT2D eigenvalue weighted by Crippen LogP contribution is 2.07. The number of rotatable bonds is 2. The highest BCUT2D eigenvalue weighted by atomic mass is 16.2. The first-order valence-electron chi connectivity index (χ1n) is 5.03. The molecule has 0 fully saturated rings. The van der Waals surface area contributed by atoms with E-state index in [0.717, 1.165) is 15.8 Å². The zero-order valence-electron chi connectivity index (χ0n) is 9.11. The lowest BCUT2D eigenvalue weighted by Gasteiger charge is -1.98. The quantitative estimate of drug-likeness (QED) is 0.732. The SMILES string of the molecule is CCCc1nnn(C(=O)n2ccnn2)c1C#N. The molecule has 0 aliphatic heterocycles. The van der Waals surface area contributed by atoms with Crippen molar-refractivity contribution in [1.82, 2.24) is 30.0 Å². The first kappa shape index (κ1) is 10.9. The van der Waals surface area contributed by atoms with Crippen LogP contribution in [0.25, 0.3) is 0 Å². The molecule has 0 bridgehead atoms. The zero-order chi connectivity index (χ0) is 12.3. The first-order chi connectivity index (χ1) is 8.27. The molecule has 2 rings (SSSR count). The summed E-state index contributed by atoms with van der Waals surface area (Å²) in [5, 5.41) is 23.6. The predicted molar refractivity (Wildman–Crippen MR) is 54.9 cm³/mol. The minimum absolute atomic E-state index is 0.146. The minimum Gasteiger partial charge on any atom is -0.243 e. The van der Waals surface area contributed by atoms with Crippen LogP contribution >= 0.6 is 0 Å². The highest BCUT2D eigenvalue weighted by Gasteiger charge is 2.19. The fourth-order valence-corrected chi connectivity index (χ4v) is 1.37. The summed E-state index contributed by atoms with van der Waals surface area (Å²) in [5.74, 6) is 0. The molecule has 86 valence electrons. The van der Waals surface area contributed by atoms with Gasteiger partial charge in [0.05, 0.1) is 12.4 Å². The van der Waals surface area contributed by atoms with Gasteiger partial charge in [0.15, 0.2) is 5.69 Å². The second-order valence-electron chi connectivity index (χ2n) is 3.29. The summed E-state index contributed by atoms with van der Waals surface area (Å²) in [6.07, 6.45) is 4.18. The Labute approximate surface area is 96.5 Å². The van der Waals surface area contributed by atoms with Crippen LogP contribution in [-0.2, 0) is 6.42 Å². The fraction of sp³-hybridized carbons (Fsp3) is 0.333. The fourth-order valence-electron chi connectivity index (χ4n) is 1.37. The number of nitriles is 1. The van der Waals surface area contributed by atoms with Crippen molar-refractivity contribution in [1.29, 1.82) is 5.26 Å². The monoisotopic (exact) mass is 231 g/mol. The standard InChI is InChI=1S/C9H9N7O/c1-2-3-7-8(6-10)16(14-12-7)9(17)15-5-4-11-13-15/h4-5H,2-3H2,1H3. The smallest absolute Gasteiger partial charge is 0.243 e. The summed E-state index contributed by atoms with van der Waals surface area (Å²) in [6, 6.07) is 1.35. The molecule has 0 saturated carbocycles. The second kappa shape index (κ2) is 4.52. The molecule has 0 N–H and O–H groups in total. The molecule has 0 radical (unpaired) electrons. The van der Waals surface area contributed by atoms with E-state index in [9.17, 15) is 4.79 Å². The molecule has 0 aliphatic carbocycles. The third-order valence-corrected chi connectivity index (χ3v) is 2.13. The van der Waals surface area contributed by atoms with Gasteiger partial charge in [-0.2, -0.15) is 9.94 Å². The van der Waals surface area contributed by atoms with Crippen LogP contribution in [0.2, 0.25) is 0 Å². The Morgan fingerprint density at radius 2 is 2.35 bits per heavy atom. The molecule has 0 unspecified atom stereocenters. The molecule has 0 atom stereocenters. The summed E-state index contributed by atoms with van der Waals surface area (Å²) < 4.78 is 1.92. The number of hydrogen-bond donors (Lipinski definition) is 0. The molecular formula is C9H9N7O. The number of aryl methyl sites for hydroxylation is 1. The van der Waals surface area contributed by atoms with Gasteiger partial charge in [-0.3, -0.25) is 0 Å². The van der Waals surface area contributed by atoms with E-state index in [2.05, 4.69) is 20.6 Å². The van der Waals surface area contributed by atoms with E-state index in [1.165, 1.54) is 12.4 Å². The molecule has 0 aliphatic rings. The van der Waals surface area contributed by atoms with Crippen LogP contribution in [0.3, 0.4) is 0 Å². The van der Waals surface area contributed by atoms with Gasteiger partial charge in [0, 0.05) is 0 Å². The summed E-state index contributed by atoms with van der Waals surface area (Å²) in [6.45, 7) is 1.96. The minimum atomic E-state index is -0.575. The average Bonchev–Trinajstić information content (AvgIpc) is 2.97. The van der Waals surface area contributed by atoms with Crippen molar-refractivity contribution < 1.29 is 4.79 Å². The summed E-state index contributed by atoms with van der Waals surface area (Å²) in [5.41, 5.74) is 0.663. The Bertz CT molecular complexity index is 563. The maximum absolute atomic E-state index is 11.9. The Hall–Kier alpha value is -2.56. The van der Waals surface area contributed by atoms with E-state index in [1.807, 2.05) is 13.0 Å². The topological polar surface area (TPSA) is 102 Å². The van der Waals surface area contributed by atoms with Gasteiger partial charge in [-0.15, -0.1) is 14.9 Å². The largest absolute Gasteiger partial charge is 0.373 e. The van der Waals surface area contributed by atoms with E-state index < -0.39 is 6.03 Å². The number of carbonyl (C=O) groups excluding carboxylic acids is 1. The van der Waals surface area contributed by atoms with Gasteiger partial charge in [-0.1, -0.05) is 23.8 Å². The van der Waals surface area contributed by atoms with Crippen molar-refractivity contribution in [3.05, 3.63) is 23.8 Å². The highest BCUT2D eigenvalue weighted by molar-refractivity contribution is 5.78. The number of aromatic nitrogens is 6. The van der Waals surface area contributed by atoms with E-state index in [-0.39, 0.29) is 5.69 Å². The molecular weight excluding hydrogens is 222 g/mol. The van der Waals surface area contributed by atoms with Crippen LogP contribution < -0.4 is 0 Å². The first-order valence-corrected chi connectivity index (χ1v) is 5.03. The van der Waals surface area contributed by atoms with Crippen LogP contribution in [-0.4, -0.2) is 36.0 Å². The third-order valence-electron chi connectivity index (χ3n) is 2.13. The van der Waals surface area contributed by atoms with Gasteiger partial charge in [0.25, 0.3) is 0 Å². The van der Waals surface area contributed by atoms with Crippen LogP contribution in [0.1, 0.15) is 24.7 Å². The maximum atomic E-state index is 11.9. The summed E-state index contributed by atoms with van der Waals surface area (Å²) >= 11 is 0. The second-order valence-corrected chi connectivity index (χ2v) is 3.29. The molecule has 0 saturated heterocycles. The number of carbonyl (C=O) groups is 1. The van der Waals surface area contributed by atoms with Crippen LogP contribution in [0.5, 0.6) is 0 Å². The zero-order valence-corrected chi connectivity index (χ0v) is 9.11. The molecule has 2 heterocycles. The third kappa shape index (κ3) is 1.90. The van der Waals surface area contributed by atoms with Crippen molar-refractivity contribution in [3.8, 4) is 6.07 Å². The maximum Gasteiger partial charge on any atom is 0.373 e. The molecule has 0 amide bonds. The molecule has 0 spiro atoms. The molecule has 0 aromatic carbocycles.